The summed E-state index contributed by atoms with van der Waals surface area (Å²) in [6.07, 6.45) is 12.6. The maximum atomic E-state index is 11.8. The van der Waals surface area contributed by atoms with Gasteiger partial charge in [0.15, 0.2) is 0 Å². The first-order valence-corrected chi connectivity index (χ1v) is 7.00. The Hall–Kier alpha value is -0.370. The lowest BCUT2D eigenvalue weighted by Crippen LogP contribution is -2.54. The summed E-state index contributed by atoms with van der Waals surface area (Å²) in [5, 5.41) is 0. The third-order valence-electron chi connectivity index (χ3n) is 4.95. The van der Waals surface area contributed by atoms with Crippen LogP contribution in [0.1, 0.15) is 64.2 Å². The highest BCUT2D eigenvalue weighted by Gasteiger charge is 2.56. The number of carbonyl (C=O) groups excluding carboxylic acids is 1. The van der Waals surface area contributed by atoms with Gasteiger partial charge in [-0.25, -0.2) is 0 Å². The number of rotatable bonds is 2. The summed E-state index contributed by atoms with van der Waals surface area (Å²) in [5.41, 5.74) is -0.0164. The maximum Gasteiger partial charge on any atom is 0.144 e. The highest BCUT2D eigenvalue weighted by molar-refractivity contribution is 5.92. The van der Waals surface area contributed by atoms with E-state index in [1.165, 1.54) is 44.9 Å². The lowest BCUT2D eigenvalue weighted by Gasteiger charge is -2.46. The Kier molecular flexibility index (Phi) is 2.78. The van der Waals surface area contributed by atoms with E-state index in [9.17, 15) is 4.79 Å². The van der Waals surface area contributed by atoms with Crippen molar-refractivity contribution in [3.8, 4) is 0 Å². The summed E-state index contributed by atoms with van der Waals surface area (Å²) in [7, 11) is 0. The molecule has 90 valence electrons. The molecule has 0 radical (unpaired) electrons. The first-order chi connectivity index (χ1) is 7.81. The fourth-order valence-corrected chi connectivity index (χ4v) is 3.83. The molecule has 0 saturated heterocycles. The molecule has 16 heavy (non-hydrogen) atoms. The third kappa shape index (κ3) is 1.62. The first kappa shape index (κ1) is 10.8. The molecule has 2 heteroatoms. The van der Waals surface area contributed by atoms with E-state index in [0.717, 1.165) is 12.8 Å². The monoisotopic (exact) mass is 222 g/mol. The third-order valence-corrected chi connectivity index (χ3v) is 4.95. The second-order valence-corrected chi connectivity index (χ2v) is 5.88. The summed E-state index contributed by atoms with van der Waals surface area (Å²) in [6.45, 7) is 0. The molecule has 3 aliphatic carbocycles. The van der Waals surface area contributed by atoms with E-state index in [2.05, 4.69) is 0 Å². The summed E-state index contributed by atoms with van der Waals surface area (Å²) in [6, 6.07) is 0. The van der Waals surface area contributed by atoms with Crippen LogP contribution in [0.2, 0.25) is 0 Å². The van der Waals surface area contributed by atoms with Crippen LogP contribution < -0.4 is 0 Å². The molecule has 1 spiro atoms. The molecule has 0 N–H and O–H groups in total. The minimum atomic E-state index is -0.0164. The Balaban J connectivity index is 1.60. The van der Waals surface area contributed by atoms with Crippen LogP contribution in [0.25, 0.3) is 0 Å². The van der Waals surface area contributed by atoms with Gasteiger partial charge in [-0.05, 0) is 25.7 Å². The normalized spacial score (nSPS) is 34.2. The van der Waals surface area contributed by atoms with E-state index in [-0.39, 0.29) is 11.5 Å². The first-order valence-electron chi connectivity index (χ1n) is 7.00. The minimum absolute atomic E-state index is 0.0164. The van der Waals surface area contributed by atoms with Crippen LogP contribution in [0.5, 0.6) is 0 Å². The van der Waals surface area contributed by atoms with Crippen molar-refractivity contribution < 1.29 is 9.53 Å². The number of ketones is 1. The van der Waals surface area contributed by atoms with Gasteiger partial charge in [0.05, 0.1) is 17.6 Å². The minimum Gasteiger partial charge on any atom is -0.373 e. The summed E-state index contributed by atoms with van der Waals surface area (Å²) < 4.78 is 6.21. The lowest BCUT2D eigenvalue weighted by atomic mass is 9.63. The Bertz CT molecular complexity index is 272. The van der Waals surface area contributed by atoms with Gasteiger partial charge < -0.3 is 4.74 Å². The molecule has 3 rings (SSSR count). The van der Waals surface area contributed by atoms with Gasteiger partial charge in [0.2, 0.25) is 0 Å². The Morgan fingerprint density at radius 2 is 1.69 bits per heavy atom. The molecule has 1 atom stereocenters. The van der Waals surface area contributed by atoms with E-state index < -0.39 is 0 Å². The molecular formula is C14H22O2. The standard InChI is InChI=1S/C14H22O2/c15-12-10-13(14(12)8-4-5-9-14)16-11-6-2-1-3-7-11/h11,13H,1-10H2. The smallest absolute Gasteiger partial charge is 0.144 e. The molecule has 0 heterocycles. The average molecular weight is 222 g/mol. The Morgan fingerprint density at radius 3 is 2.31 bits per heavy atom. The molecule has 3 saturated carbocycles. The van der Waals surface area contributed by atoms with Crippen LogP contribution in [0, 0.1) is 5.41 Å². The van der Waals surface area contributed by atoms with Crippen molar-refractivity contribution in [2.24, 2.45) is 5.41 Å². The molecule has 0 aromatic heterocycles. The zero-order valence-electron chi connectivity index (χ0n) is 10.0. The van der Waals surface area contributed by atoms with Gasteiger partial charge in [-0.3, -0.25) is 4.79 Å². The van der Waals surface area contributed by atoms with Crippen LogP contribution >= 0.6 is 0 Å². The zero-order valence-corrected chi connectivity index (χ0v) is 10.0. The molecule has 0 aromatic rings. The van der Waals surface area contributed by atoms with E-state index >= 15 is 0 Å². The van der Waals surface area contributed by atoms with Crippen molar-refractivity contribution in [3.05, 3.63) is 0 Å². The predicted octanol–water partition coefficient (Wildman–Crippen LogP) is 3.24. The van der Waals surface area contributed by atoms with Crippen LogP contribution in [-0.4, -0.2) is 18.0 Å². The molecular weight excluding hydrogens is 200 g/mol. The molecule has 0 aromatic carbocycles. The van der Waals surface area contributed by atoms with Gasteiger partial charge in [0, 0.05) is 6.42 Å². The van der Waals surface area contributed by atoms with Gasteiger partial charge in [0.25, 0.3) is 0 Å². The second-order valence-electron chi connectivity index (χ2n) is 5.88. The molecule has 0 aliphatic heterocycles. The van der Waals surface area contributed by atoms with Crippen molar-refractivity contribution >= 4 is 5.78 Å². The highest BCUT2D eigenvalue weighted by Crippen LogP contribution is 2.52. The molecule has 0 bridgehead atoms. The highest BCUT2D eigenvalue weighted by atomic mass is 16.5. The van der Waals surface area contributed by atoms with Gasteiger partial charge in [-0.1, -0.05) is 32.1 Å². The van der Waals surface area contributed by atoms with Crippen molar-refractivity contribution in [2.75, 3.05) is 0 Å². The van der Waals surface area contributed by atoms with Crippen LogP contribution in [-0.2, 0) is 9.53 Å². The number of carbonyl (C=O) groups is 1. The number of hydrogen-bond acceptors (Lipinski definition) is 2. The molecule has 0 amide bonds. The maximum absolute atomic E-state index is 11.8. The van der Waals surface area contributed by atoms with Gasteiger partial charge in [-0.2, -0.15) is 0 Å². The number of ether oxygens (including phenoxy) is 1. The van der Waals surface area contributed by atoms with Crippen LogP contribution in [0.15, 0.2) is 0 Å². The van der Waals surface area contributed by atoms with Crippen LogP contribution in [0.3, 0.4) is 0 Å². The topological polar surface area (TPSA) is 26.3 Å². The molecule has 3 fully saturated rings. The molecule has 1 unspecified atom stereocenters. The second kappa shape index (κ2) is 4.14. The summed E-state index contributed by atoms with van der Waals surface area (Å²) in [4.78, 5) is 11.8. The Labute approximate surface area is 97.7 Å². The molecule has 3 aliphatic rings. The van der Waals surface area contributed by atoms with Gasteiger partial charge >= 0.3 is 0 Å². The quantitative estimate of drug-likeness (QED) is 0.717. The average Bonchev–Trinajstić information content (AvgIpc) is 2.82. The van der Waals surface area contributed by atoms with E-state index in [4.69, 9.17) is 4.74 Å². The lowest BCUT2D eigenvalue weighted by molar-refractivity contribution is -0.173. The van der Waals surface area contributed by atoms with Crippen LogP contribution in [0.4, 0.5) is 0 Å². The largest absolute Gasteiger partial charge is 0.373 e. The predicted molar refractivity (Wildman–Crippen MR) is 62.3 cm³/mol. The molecule has 2 nitrogen and oxygen atoms in total. The SMILES string of the molecule is O=C1CC(OC2CCCCC2)C12CCCC2. The number of Topliss-reactive ketones (excluding diaryl/α,β-unsaturated/α-hetero) is 1. The van der Waals surface area contributed by atoms with Gasteiger partial charge in [0.1, 0.15) is 5.78 Å². The van der Waals surface area contributed by atoms with Crippen molar-refractivity contribution in [3.63, 3.8) is 0 Å². The van der Waals surface area contributed by atoms with E-state index in [1.807, 2.05) is 0 Å². The number of hydrogen-bond donors (Lipinski definition) is 0. The van der Waals surface area contributed by atoms with E-state index in [1.54, 1.807) is 0 Å². The van der Waals surface area contributed by atoms with E-state index in [0.29, 0.717) is 18.3 Å². The van der Waals surface area contributed by atoms with Crippen molar-refractivity contribution in [2.45, 2.75) is 76.4 Å². The van der Waals surface area contributed by atoms with Gasteiger partial charge in [-0.15, -0.1) is 0 Å². The summed E-state index contributed by atoms with van der Waals surface area (Å²) >= 11 is 0. The van der Waals surface area contributed by atoms with Crippen molar-refractivity contribution in [1.29, 1.82) is 0 Å². The fraction of sp³-hybridized carbons (Fsp3) is 0.929. The fourth-order valence-electron chi connectivity index (χ4n) is 3.83. The van der Waals surface area contributed by atoms with Crippen molar-refractivity contribution in [1.82, 2.24) is 0 Å². The zero-order chi connectivity index (χ0) is 11.0. The Morgan fingerprint density at radius 1 is 1.00 bits per heavy atom. The summed E-state index contributed by atoms with van der Waals surface area (Å²) in [5.74, 6) is 0.491.